The lowest BCUT2D eigenvalue weighted by molar-refractivity contribution is -0.134. The predicted molar refractivity (Wildman–Crippen MR) is 138 cm³/mol. The van der Waals surface area contributed by atoms with Gasteiger partial charge in [0.05, 0.1) is 17.8 Å². The first-order valence-corrected chi connectivity index (χ1v) is 12.2. The van der Waals surface area contributed by atoms with Crippen molar-refractivity contribution >= 4 is 29.4 Å². The second-order valence-corrected chi connectivity index (χ2v) is 9.17. The number of hydrogen-bond acceptors (Lipinski definition) is 7. The first-order valence-electron chi connectivity index (χ1n) is 12.2. The van der Waals surface area contributed by atoms with E-state index in [2.05, 4.69) is 14.9 Å². The van der Waals surface area contributed by atoms with Crippen molar-refractivity contribution in [1.82, 2.24) is 19.8 Å². The van der Waals surface area contributed by atoms with Crippen LogP contribution in [0.3, 0.4) is 0 Å². The van der Waals surface area contributed by atoms with Gasteiger partial charge in [-0.25, -0.2) is 14.2 Å². The molecule has 2 aliphatic heterocycles. The van der Waals surface area contributed by atoms with Crippen molar-refractivity contribution in [3.05, 3.63) is 72.4 Å². The van der Waals surface area contributed by atoms with Crippen LogP contribution in [-0.4, -0.2) is 83.7 Å². The van der Waals surface area contributed by atoms with Crippen molar-refractivity contribution in [2.45, 2.75) is 13.2 Å². The molecule has 11 heteroatoms. The Morgan fingerprint density at radius 1 is 1.08 bits per heavy atom. The SMILES string of the molecule is CC(=O)N(C)[C@@H]1CN(c2ccc(-c3ccc(N4CCN(C(=O)c5cccnc5)CC4)nc3)c(F)c2)C(=O)O1. The van der Waals surface area contributed by atoms with Crippen LogP contribution in [0.25, 0.3) is 11.1 Å². The quantitative estimate of drug-likeness (QED) is 0.512. The zero-order valence-corrected chi connectivity index (χ0v) is 21.1. The molecule has 0 saturated carbocycles. The number of nitrogens with zero attached hydrogens (tertiary/aromatic N) is 6. The topological polar surface area (TPSA) is 99.2 Å². The highest BCUT2D eigenvalue weighted by Gasteiger charge is 2.36. The number of aromatic nitrogens is 2. The molecule has 2 fully saturated rings. The number of piperazine rings is 1. The van der Waals surface area contributed by atoms with Gasteiger partial charge < -0.3 is 19.4 Å². The molecule has 3 amide bonds. The standard InChI is InChI=1S/C27H27FN6O4/c1-18(35)31(2)25-17-34(27(37)38-25)21-6-7-22(23(28)14-21)19-5-8-24(30-16-19)32-10-12-33(13-11-32)26(36)20-4-3-9-29-15-20/h3-9,14-16,25H,10-13,17H2,1-2H3/t25-/m0/s1. The van der Waals surface area contributed by atoms with Crippen molar-refractivity contribution in [3.63, 3.8) is 0 Å². The van der Waals surface area contributed by atoms with E-state index in [4.69, 9.17) is 4.74 Å². The Kier molecular flexibility index (Phi) is 6.91. The lowest BCUT2D eigenvalue weighted by Gasteiger charge is -2.35. The predicted octanol–water partition coefficient (Wildman–Crippen LogP) is 3.01. The third-order valence-corrected chi connectivity index (χ3v) is 6.85. The molecule has 0 N–H and O–H groups in total. The summed E-state index contributed by atoms with van der Waals surface area (Å²) in [6.07, 6.45) is 3.46. The molecule has 0 aliphatic carbocycles. The molecule has 3 aromatic rings. The van der Waals surface area contributed by atoms with Gasteiger partial charge in [-0.2, -0.15) is 0 Å². The van der Waals surface area contributed by atoms with Gasteiger partial charge in [0.1, 0.15) is 11.6 Å². The van der Waals surface area contributed by atoms with E-state index in [1.165, 1.54) is 22.8 Å². The number of carbonyl (C=O) groups excluding carboxylic acids is 3. The maximum absolute atomic E-state index is 15.1. The molecule has 0 radical (unpaired) electrons. The fourth-order valence-electron chi connectivity index (χ4n) is 4.51. The molecule has 2 saturated heterocycles. The molecule has 1 atom stereocenters. The number of benzene rings is 1. The summed E-state index contributed by atoms with van der Waals surface area (Å²) in [5, 5.41) is 0. The highest BCUT2D eigenvalue weighted by atomic mass is 19.1. The molecular weight excluding hydrogens is 491 g/mol. The number of amides is 3. The summed E-state index contributed by atoms with van der Waals surface area (Å²) < 4.78 is 20.3. The number of hydrogen-bond donors (Lipinski definition) is 0. The second-order valence-electron chi connectivity index (χ2n) is 9.17. The van der Waals surface area contributed by atoms with Crippen molar-refractivity contribution in [3.8, 4) is 11.1 Å². The van der Waals surface area contributed by atoms with Gasteiger partial charge in [-0.05, 0) is 42.5 Å². The van der Waals surface area contributed by atoms with Crippen LogP contribution in [0, 0.1) is 5.82 Å². The smallest absolute Gasteiger partial charge is 0.416 e. The number of anilines is 2. The Hall–Kier alpha value is -4.54. The fourth-order valence-corrected chi connectivity index (χ4v) is 4.51. The van der Waals surface area contributed by atoms with E-state index in [1.807, 2.05) is 6.07 Å². The Labute approximate surface area is 219 Å². The molecule has 38 heavy (non-hydrogen) atoms. The summed E-state index contributed by atoms with van der Waals surface area (Å²) in [6, 6.07) is 11.7. The zero-order chi connectivity index (χ0) is 26.8. The van der Waals surface area contributed by atoms with Crippen LogP contribution in [0.2, 0.25) is 0 Å². The van der Waals surface area contributed by atoms with Gasteiger partial charge in [-0.1, -0.05) is 0 Å². The van der Waals surface area contributed by atoms with Crippen LogP contribution in [-0.2, 0) is 9.53 Å². The van der Waals surface area contributed by atoms with Gasteiger partial charge in [-0.15, -0.1) is 0 Å². The lowest BCUT2D eigenvalue weighted by Crippen LogP contribution is -2.49. The van der Waals surface area contributed by atoms with Crippen LogP contribution in [0.15, 0.2) is 61.1 Å². The molecule has 196 valence electrons. The molecule has 5 rings (SSSR count). The van der Waals surface area contributed by atoms with Crippen LogP contribution in [0.1, 0.15) is 17.3 Å². The van der Waals surface area contributed by atoms with E-state index in [9.17, 15) is 14.4 Å². The maximum Gasteiger partial charge on any atom is 0.416 e. The Bertz CT molecular complexity index is 1350. The molecule has 0 unspecified atom stereocenters. The van der Waals surface area contributed by atoms with Gasteiger partial charge >= 0.3 is 6.09 Å². The van der Waals surface area contributed by atoms with Gasteiger partial charge in [-0.3, -0.25) is 19.5 Å². The third-order valence-electron chi connectivity index (χ3n) is 6.85. The van der Waals surface area contributed by atoms with Crippen molar-refractivity contribution in [1.29, 1.82) is 0 Å². The van der Waals surface area contributed by atoms with Crippen molar-refractivity contribution in [2.24, 2.45) is 0 Å². The third kappa shape index (κ3) is 4.99. The summed E-state index contributed by atoms with van der Waals surface area (Å²) in [5.41, 5.74) is 1.87. The van der Waals surface area contributed by atoms with E-state index in [1.54, 1.807) is 60.9 Å². The Morgan fingerprint density at radius 3 is 2.50 bits per heavy atom. The summed E-state index contributed by atoms with van der Waals surface area (Å²) in [6.45, 7) is 3.89. The van der Waals surface area contributed by atoms with Crippen molar-refractivity contribution in [2.75, 3.05) is 49.6 Å². The number of rotatable bonds is 5. The normalized spacial score (nSPS) is 17.4. The average molecular weight is 519 g/mol. The van der Waals surface area contributed by atoms with Crippen LogP contribution in [0.4, 0.5) is 20.7 Å². The molecule has 0 spiro atoms. The van der Waals surface area contributed by atoms with Crippen molar-refractivity contribution < 1.29 is 23.5 Å². The number of pyridine rings is 2. The maximum atomic E-state index is 15.1. The number of cyclic esters (lactones) is 1. The lowest BCUT2D eigenvalue weighted by atomic mass is 10.1. The fraction of sp³-hybridized carbons (Fsp3) is 0.296. The highest BCUT2D eigenvalue weighted by molar-refractivity contribution is 5.94. The van der Waals surface area contributed by atoms with Crippen LogP contribution in [0.5, 0.6) is 0 Å². The minimum absolute atomic E-state index is 0.0384. The van der Waals surface area contributed by atoms with Crippen LogP contribution < -0.4 is 9.80 Å². The number of ether oxygens (including phenoxy) is 1. The summed E-state index contributed by atoms with van der Waals surface area (Å²) in [5.74, 6) is -0.0266. The second kappa shape index (κ2) is 10.4. The van der Waals surface area contributed by atoms with E-state index in [0.29, 0.717) is 48.6 Å². The number of halogens is 1. The largest absolute Gasteiger partial charge is 0.423 e. The number of carbonyl (C=O) groups is 3. The minimum Gasteiger partial charge on any atom is -0.423 e. The molecule has 10 nitrogen and oxygen atoms in total. The Balaban J connectivity index is 1.23. The molecular formula is C27H27FN6O4. The monoisotopic (exact) mass is 518 g/mol. The van der Waals surface area contributed by atoms with E-state index in [0.717, 1.165) is 5.82 Å². The molecule has 0 bridgehead atoms. The molecule has 4 heterocycles. The van der Waals surface area contributed by atoms with Gasteiger partial charge in [0, 0.05) is 69.9 Å². The first-order chi connectivity index (χ1) is 18.3. The Morgan fingerprint density at radius 2 is 1.87 bits per heavy atom. The molecule has 2 aromatic heterocycles. The van der Waals surface area contributed by atoms with E-state index in [-0.39, 0.29) is 18.4 Å². The van der Waals surface area contributed by atoms with Gasteiger partial charge in [0.25, 0.3) is 5.91 Å². The summed E-state index contributed by atoms with van der Waals surface area (Å²) in [4.78, 5) is 51.6. The minimum atomic E-state index is -0.727. The zero-order valence-electron chi connectivity index (χ0n) is 21.1. The summed E-state index contributed by atoms with van der Waals surface area (Å²) in [7, 11) is 1.55. The van der Waals surface area contributed by atoms with Crippen LogP contribution >= 0.6 is 0 Å². The molecule has 1 aromatic carbocycles. The molecule has 2 aliphatic rings. The first kappa shape index (κ1) is 25.1. The van der Waals surface area contributed by atoms with Gasteiger partial charge in [0.2, 0.25) is 5.91 Å². The highest BCUT2D eigenvalue weighted by Crippen LogP contribution is 2.30. The van der Waals surface area contributed by atoms with Gasteiger partial charge in [0.15, 0.2) is 6.23 Å². The summed E-state index contributed by atoms with van der Waals surface area (Å²) >= 11 is 0. The number of likely N-dealkylation sites (N-methyl/N-ethyl adjacent to an activating group) is 1. The average Bonchev–Trinajstić information content (AvgIpc) is 3.34. The van der Waals surface area contributed by atoms with E-state index >= 15 is 4.39 Å². The van der Waals surface area contributed by atoms with E-state index < -0.39 is 18.1 Å².